The Morgan fingerprint density at radius 1 is 0.686 bits per heavy atom. The molecule has 0 saturated heterocycles. The van der Waals surface area contributed by atoms with Gasteiger partial charge in [0.05, 0.1) is 23.2 Å². The largest absolute Gasteiger partial charge is 0.309 e. The molecule has 35 heavy (non-hydrogen) atoms. The summed E-state index contributed by atoms with van der Waals surface area (Å²) in [5.41, 5.74) is 8.11. The Bertz CT molecular complexity index is 1700. The van der Waals surface area contributed by atoms with Crippen LogP contribution >= 0.6 is 0 Å². The molecule has 0 saturated carbocycles. The molecule has 6 rings (SSSR count). The lowest BCUT2D eigenvalue weighted by molar-refractivity contribution is 1.18. The molecule has 5 nitrogen and oxygen atoms in total. The number of rotatable bonds is 3. The van der Waals surface area contributed by atoms with E-state index in [2.05, 4.69) is 74.0 Å². The van der Waals surface area contributed by atoms with Crippen molar-refractivity contribution in [2.24, 2.45) is 0 Å². The molecule has 0 aliphatic rings. The molecule has 3 heterocycles. The van der Waals surface area contributed by atoms with E-state index in [-0.39, 0.29) is 0 Å². The second-order valence-electron chi connectivity index (χ2n) is 8.25. The van der Waals surface area contributed by atoms with Crippen LogP contribution < -0.4 is 0 Å². The van der Waals surface area contributed by atoms with Crippen LogP contribution in [0.4, 0.5) is 5.69 Å². The maximum Gasteiger partial charge on any atom is 0.205 e. The molecule has 3 aromatic heterocycles. The molecule has 0 amide bonds. The Morgan fingerprint density at radius 3 is 1.94 bits per heavy atom. The van der Waals surface area contributed by atoms with Crippen molar-refractivity contribution in [3.05, 3.63) is 121 Å². The van der Waals surface area contributed by atoms with E-state index >= 15 is 0 Å². The number of nitrogens with zero attached hydrogens (tertiary/aromatic N) is 5. The Labute approximate surface area is 202 Å². The number of nitriles is 1. The summed E-state index contributed by atoms with van der Waals surface area (Å²) in [4.78, 5) is 12.0. The number of para-hydroxylation sites is 1. The van der Waals surface area contributed by atoms with Gasteiger partial charge in [-0.3, -0.25) is 9.97 Å². The van der Waals surface area contributed by atoms with Crippen molar-refractivity contribution in [2.75, 3.05) is 0 Å². The molecule has 3 aromatic carbocycles. The van der Waals surface area contributed by atoms with Gasteiger partial charge < -0.3 is 4.57 Å². The first-order valence-corrected chi connectivity index (χ1v) is 11.1. The molecule has 5 heteroatoms. The molecule has 0 aliphatic heterocycles. The average Bonchev–Trinajstić information content (AvgIpc) is 3.26. The van der Waals surface area contributed by atoms with E-state index in [1.54, 1.807) is 24.8 Å². The van der Waals surface area contributed by atoms with Crippen molar-refractivity contribution in [3.8, 4) is 34.0 Å². The zero-order valence-corrected chi connectivity index (χ0v) is 18.6. The van der Waals surface area contributed by atoms with E-state index in [0.717, 1.165) is 49.7 Å². The predicted molar refractivity (Wildman–Crippen MR) is 138 cm³/mol. The van der Waals surface area contributed by atoms with Crippen molar-refractivity contribution in [3.63, 3.8) is 0 Å². The Kier molecular flexibility index (Phi) is 4.80. The molecule has 0 atom stereocenters. The van der Waals surface area contributed by atoms with Gasteiger partial charge in [-0.25, -0.2) is 4.85 Å². The van der Waals surface area contributed by atoms with Gasteiger partial charge in [0.2, 0.25) is 5.69 Å². The van der Waals surface area contributed by atoms with Crippen LogP contribution in [0.1, 0.15) is 5.56 Å². The zero-order valence-electron chi connectivity index (χ0n) is 18.6. The molecule has 6 aromatic rings. The molecule has 0 radical (unpaired) electrons. The van der Waals surface area contributed by atoms with E-state index in [9.17, 15) is 5.26 Å². The van der Waals surface area contributed by atoms with Crippen LogP contribution in [-0.4, -0.2) is 14.5 Å². The first-order valence-electron chi connectivity index (χ1n) is 11.1. The van der Waals surface area contributed by atoms with Crippen molar-refractivity contribution in [1.82, 2.24) is 14.5 Å². The van der Waals surface area contributed by atoms with Crippen LogP contribution in [0.2, 0.25) is 0 Å². The summed E-state index contributed by atoms with van der Waals surface area (Å²) in [5, 5.41) is 11.5. The summed E-state index contributed by atoms with van der Waals surface area (Å²) in [7, 11) is 0. The maximum atomic E-state index is 9.31. The first-order chi connectivity index (χ1) is 17.2. The number of benzene rings is 3. The van der Waals surface area contributed by atoms with Crippen molar-refractivity contribution < 1.29 is 0 Å². The van der Waals surface area contributed by atoms with Gasteiger partial charge in [-0.05, 0) is 65.2 Å². The van der Waals surface area contributed by atoms with Gasteiger partial charge in [-0.2, -0.15) is 5.26 Å². The van der Waals surface area contributed by atoms with Gasteiger partial charge in [0, 0.05) is 46.8 Å². The number of pyridine rings is 2. The summed E-state index contributed by atoms with van der Waals surface area (Å²) in [6.45, 7) is 7.33. The second-order valence-corrected chi connectivity index (χ2v) is 8.25. The van der Waals surface area contributed by atoms with Crippen LogP contribution in [0.15, 0.2) is 104 Å². The summed E-state index contributed by atoms with van der Waals surface area (Å²) >= 11 is 0. The number of fused-ring (bicyclic) bond motifs is 3. The van der Waals surface area contributed by atoms with Crippen LogP contribution in [0.5, 0.6) is 0 Å². The molecule has 0 unspecified atom stereocenters. The quantitative estimate of drug-likeness (QED) is 0.267. The third-order valence-corrected chi connectivity index (χ3v) is 6.17. The number of hydrogen-bond donors (Lipinski definition) is 0. The van der Waals surface area contributed by atoms with Crippen molar-refractivity contribution in [1.29, 1.82) is 5.26 Å². The molecule has 0 bridgehead atoms. The summed E-state index contributed by atoms with van der Waals surface area (Å²) in [5.74, 6) is 0. The summed E-state index contributed by atoms with van der Waals surface area (Å²) in [6, 6.07) is 28.9. The fourth-order valence-corrected chi connectivity index (χ4v) is 4.54. The molecular weight excluding hydrogens is 430 g/mol. The van der Waals surface area contributed by atoms with Crippen molar-refractivity contribution >= 4 is 27.5 Å². The molecule has 0 spiro atoms. The van der Waals surface area contributed by atoms with Crippen LogP contribution in [-0.2, 0) is 0 Å². The van der Waals surface area contributed by atoms with Crippen LogP contribution in [0.3, 0.4) is 0 Å². The second kappa shape index (κ2) is 8.26. The highest BCUT2D eigenvalue weighted by Gasteiger charge is 2.15. The Hall–Kier alpha value is -5.26. The monoisotopic (exact) mass is 447 g/mol. The highest BCUT2D eigenvalue weighted by molar-refractivity contribution is 6.11. The third-order valence-electron chi connectivity index (χ3n) is 6.17. The van der Waals surface area contributed by atoms with Gasteiger partial charge in [0.15, 0.2) is 0 Å². The SMILES string of the molecule is [C-]#[N+]c1cncc(-c2ccc3c(c2)c2cc(-c4cncc(C#N)c4)ccc2n3-c2ccccc2)c1. The van der Waals surface area contributed by atoms with Crippen molar-refractivity contribution in [2.45, 2.75) is 0 Å². The lowest BCUT2D eigenvalue weighted by Crippen LogP contribution is -1.93. The van der Waals surface area contributed by atoms with Gasteiger partial charge in [0.25, 0.3) is 0 Å². The topological polar surface area (TPSA) is 58.9 Å². The van der Waals surface area contributed by atoms with E-state index < -0.39 is 0 Å². The number of hydrogen-bond acceptors (Lipinski definition) is 3. The first kappa shape index (κ1) is 20.4. The molecule has 0 aliphatic carbocycles. The zero-order chi connectivity index (χ0) is 23.8. The number of aromatic nitrogens is 3. The minimum atomic E-state index is 0.515. The van der Waals surface area contributed by atoms with Gasteiger partial charge in [0.1, 0.15) is 6.07 Å². The summed E-state index contributed by atoms with van der Waals surface area (Å²) in [6.07, 6.45) is 6.72. The van der Waals surface area contributed by atoms with Crippen LogP contribution in [0, 0.1) is 17.9 Å². The van der Waals surface area contributed by atoms with E-state index in [4.69, 9.17) is 6.57 Å². The average molecular weight is 448 g/mol. The minimum absolute atomic E-state index is 0.515. The summed E-state index contributed by atoms with van der Waals surface area (Å²) < 4.78 is 2.26. The fraction of sp³-hybridized carbons (Fsp3) is 0. The maximum absolute atomic E-state index is 9.31. The van der Waals surface area contributed by atoms with E-state index in [1.807, 2.05) is 30.3 Å². The van der Waals surface area contributed by atoms with Gasteiger partial charge >= 0.3 is 0 Å². The fourth-order valence-electron chi connectivity index (χ4n) is 4.54. The molecule has 0 N–H and O–H groups in total. The lowest BCUT2D eigenvalue weighted by Gasteiger charge is -2.08. The third kappa shape index (κ3) is 3.49. The molecule has 162 valence electrons. The van der Waals surface area contributed by atoms with Gasteiger partial charge in [-0.1, -0.05) is 30.3 Å². The normalized spacial score (nSPS) is 10.8. The highest BCUT2D eigenvalue weighted by Crippen LogP contribution is 2.37. The van der Waals surface area contributed by atoms with E-state index in [1.165, 1.54) is 0 Å². The van der Waals surface area contributed by atoms with E-state index in [0.29, 0.717) is 11.3 Å². The minimum Gasteiger partial charge on any atom is -0.309 e. The van der Waals surface area contributed by atoms with Crippen LogP contribution in [0.25, 0.3) is 54.6 Å². The molecule has 0 fully saturated rings. The predicted octanol–water partition coefficient (Wildman–Crippen LogP) is 7.33. The van der Waals surface area contributed by atoms with Gasteiger partial charge in [-0.15, -0.1) is 0 Å². The smallest absolute Gasteiger partial charge is 0.205 e. The Balaban J connectivity index is 1.64. The highest BCUT2D eigenvalue weighted by atomic mass is 15.0. The standard InChI is InChI=1S/C30H17N5/c1-32-25-12-24(18-34-19-25)22-8-10-30-28(14-22)27-13-21(23-11-20(15-31)16-33-17-23)7-9-29(27)35(30)26-5-3-2-4-6-26/h2-14,16-19H. The Morgan fingerprint density at radius 2 is 1.31 bits per heavy atom. The lowest BCUT2D eigenvalue weighted by atomic mass is 10.0. The molecular formula is C30H17N5.